The molecule has 0 fully saturated rings. The van der Waals surface area contributed by atoms with Gasteiger partial charge in [0.15, 0.2) is 0 Å². The molecule has 0 aromatic rings. The summed E-state index contributed by atoms with van der Waals surface area (Å²) in [6.45, 7) is 17.2. The minimum absolute atomic E-state index is 1.26. The summed E-state index contributed by atoms with van der Waals surface area (Å²) in [4.78, 5) is 0. The number of nitrogens with zero attached hydrogens (tertiary/aromatic N) is 2. The lowest BCUT2D eigenvalue weighted by atomic mass is 10.0. The summed E-state index contributed by atoms with van der Waals surface area (Å²) in [5, 5.41) is 0. The van der Waals surface area contributed by atoms with E-state index in [-0.39, 0.29) is 0 Å². The van der Waals surface area contributed by atoms with Gasteiger partial charge in [0.1, 0.15) is 0 Å². The normalized spacial score (nSPS) is 12.6. The van der Waals surface area contributed by atoms with Gasteiger partial charge in [-0.2, -0.15) is 0 Å². The predicted octanol–water partition coefficient (Wildman–Crippen LogP) is 8.20. The Balaban J connectivity index is 3.23. The van der Waals surface area contributed by atoms with Crippen LogP contribution in [0.25, 0.3) is 0 Å². The maximum atomic E-state index is 2.41. The Hall–Kier alpha value is -0.0800. The standard InChI is InChI=1S/C28H62N2/c1-7-29(5,8-2)27-25-23-21-19-17-15-13-11-12-14-16-18-20-22-24-26-28-30(6,9-3)10-4/h7-28H2,1-6H3/q+2. The van der Waals surface area contributed by atoms with E-state index in [2.05, 4.69) is 41.8 Å². The van der Waals surface area contributed by atoms with Gasteiger partial charge in [0.2, 0.25) is 0 Å². The lowest BCUT2D eigenvalue weighted by Gasteiger charge is -2.32. The molecule has 0 saturated heterocycles. The molecule has 0 rings (SSSR count). The van der Waals surface area contributed by atoms with Crippen LogP contribution < -0.4 is 0 Å². The lowest BCUT2D eigenvalue weighted by molar-refractivity contribution is -0.906. The van der Waals surface area contributed by atoms with Crippen molar-refractivity contribution in [1.82, 2.24) is 0 Å². The van der Waals surface area contributed by atoms with Crippen molar-refractivity contribution in [2.45, 2.75) is 130 Å². The van der Waals surface area contributed by atoms with Gasteiger partial charge in [0.25, 0.3) is 0 Å². The number of hydrogen-bond donors (Lipinski definition) is 0. The second-order valence-corrected chi connectivity index (χ2v) is 10.6. The maximum Gasteiger partial charge on any atom is 0.0784 e. The van der Waals surface area contributed by atoms with Crippen LogP contribution in [0, 0.1) is 0 Å². The first-order valence-corrected chi connectivity index (χ1v) is 14.1. The van der Waals surface area contributed by atoms with Crippen molar-refractivity contribution in [3.05, 3.63) is 0 Å². The topological polar surface area (TPSA) is 0 Å². The molecule has 0 N–H and O–H groups in total. The Labute approximate surface area is 193 Å². The van der Waals surface area contributed by atoms with Gasteiger partial charge in [-0.1, -0.05) is 77.0 Å². The van der Waals surface area contributed by atoms with E-state index in [1.807, 2.05) is 0 Å². The van der Waals surface area contributed by atoms with Crippen LogP contribution in [0.4, 0.5) is 0 Å². The average Bonchev–Trinajstić information content (AvgIpc) is 2.77. The van der Waals surface area contributed by atoms with E-state index < -0.39 is 0 Å². The van der Waals surface area contributed by atoms with Crippen LogP contribution in [0.1, 0.15) is 130 Å². The first-order valence-electron chi connectivity index (χ1n) is 14.1. The van der Waals surface area contributed by atoms with E-state index in [1.165, 1.54) is 151 Å². The molecule has 0 bridgehead atoms. The van der Waals surface area contributed by atoms with Crippen molar-refractivity contribution in [3.8, 4) is 0 Å². The SMILES string of the molecule is CC[N+](C)(CC)CCCCCCCCCCCCCCCCCC[N+](C)(CC)CC. The molecule has 2 nitrogen and oxygen atoms in total. The smallest absolute Gasteiger partial charge is 0.0784 e. The maximum absolute atomic E-state index is 2.41. The molecule has 0 amide bonds. The first kappa shape index (κ1) is 29.9. The van der Waals surface area contributed by atoms with Gasteiger partial charge in [-0.15, -0.1) is 0 Å². The zero-order valence-corrected chi connectivity index (χ0v) is 22.5. The highest BCUT2D eigenvalue weighted by molar-refractivity contribution is 4.51. The number of hydrogen-bond acceptors (Lipinski definition) is 0. The van der Waals surface area contributed by atoms with E-state index >= 15 is 0 Å². The molecule has 182 valence electrons. The fraction of sp³-hybridized carbons (Fsp3) is 1.00. The molecular weight excluding hydrogens is 364 g/mol. The first-order chi connectivity index (χ1) is 14.4. The Morgan fingerprint density at radius 3 is 0.633 bits per heavy atom. The van der Waals surface area contributed by atoms with Gasteiger partial charge in [-0.25, -0.2) is 0 Å². The minimum Gasteiger partial charge on any atom is -0.327 e. The Morgan fingerprint density at radius 2 is 0.467 bits per heavy atom. The van der Waals surface area contributed by atoms with Crippen molar-refractivity contribution < 1.29 is 8.97 Å². The van der Waals surface area contributed by atoms with Crippen LogP contribution in [0.3, 0.4) is 0 Å². The van der Waals surface area contributed by atoms with Crippen molar-refractivity contribution in [2.24, 2.45) is 0 Å². The van der Waals surface area contributed by atoms with Crippen molar-refractivity contribution in [3.63, 3.8) is 0 Å². The fourth-order valence-electron chi connectivity index (χ4n) is 4.54. The second-order valence-electron chi connectivity index (χ2n) is 10.6. The van der Waals surface area contributed by atoms with Gasteiger partial charge in [-0.3, -0.25) is 0 Å². The third-order valence-electron chi connectivity index (χ3n) is 8.20. The van der Waals surface area contributed by atoms with E-state index in [0.717, 1.165) is 0 Å². The Morgan fingerprint density at radius 1 is 0.300 bits per heavy atom. The van der Waals surface area contributed by atoms with Gasteiger partial charge < -0.3 is 8.97 Å². The van der Waals surface area contributed by atoms with Gasteiger partial charge in [0.05, 0.1) is 53.4 Å². The molecule has 0 heterocycles. The summed E-state index contributed by atoms with van der Waals surface area (Å²) < 4.78 is 2.52. The van der Waals surface area contributed by atoms with E-state index in [1.54, 1.807) is 0 Å². The molecule has 30 heavy (non-hydrogen) atoms. The summed E-state index contributed by atoms with van der Waals surface area (Å²) in [7, 11) is 4.82. The van der Waals surface area contributed by atoms with Gasteiger partial charge in [-0.05, 0) is 53.4 Å². The molecule has 0 aromatic carbocycles. The summed E-state index contributed by atoms with van der Waals surface area (Å²) in [5.74, 6) is 0. The number of unbranched alkanes of at least 4 members (excludes halogenated alkanes) is 15. The van der Waals surface area contributed by atoms with Crippen molar-refractivity contribution in [1.29, 1.82) is 0 Å². The molecule has 0 saturated carbocycles. The van der Waals surface area contributed by atoms with Gasteiger partial charge in [0, 0.05) is 0 Å². The molecule has 0 radical (unpaired) electrons. The van der Waals surface area contributed by atoms with Crippen LogP contribution in [-0.2, 0) is 0 Å². The fourth-order valence-corrected chi connectivity index (χ4v) is 4.54. The largest absolute Gasteiger partial charge is 0.327 e. The van der Waals surface area contributed by atoms with Crippen LogP contribution in [0.2, 0.25) is 0 Å². The monoisotopic (exact) mass is 426 g/mol. The molecule has 0 aromatic heterocycles. The molecular formula is C28H62N2+2. The quantitative estimate of drug-likeness (QED) is 0.114. The van der Waals surface area contributed by atoms with E-state index in [9.17, 15) is 0 Å². The summed E-state index contributed by atoms with van der Waals surface area (Å²) in [6, 6.07) is 0. The van der Waals surface area contributed by atoms with Gasteiger partial charge >= 0.3 is 0 Å². The lowest BCUT2D eigenvalue weighted by Crippen LogP contribution is -2.44. The van der Waals surface area contributed by atoms with Crippen LogP contribution in [0.15, 0.2) is 0 Å². The molecule has 0 aliphatic rings. The molecule has 0 atom stereocenters. The van der Waals surface area contributed by atoms with Crippen LogP contribution in [-0.4, -0.2) is 62.3 Å². The summed E-state index contributed by atoms with van der Waals surface area (Å²) in [5.41, 5.74) is 0. The average molecular weight is 427 g/mol. The van der Waals surface area contributed by atoms with E-state index in [0.29, 0.717) is 0 Å². The number of rotatable bonds is 23. The highest BCUT2D eigenvalue weighted by Crippen LogP contribution is 2.15. The van der Waals surface area contributed by atoms with Crippen molar-refractivity contribution >= 4 is 0 Å². The highest BCUT2D eigenvalue weighted by atomic mass is 15.3. The minimum atomic E-state index is 1.26. The molecule has 0 spiro atoms. The molecule has 0 unspecified atom stereocenters. The van der Waals surface area contributed by atoms with Crippen LogP contribution in [0.5, 0.6) is 0 Å². The Bertz CT molecular complexity index is 311. The summed E-state index contributed by atoms with van der Waals surface area (Å²) in [6.07, 6.45) is 23.4. The Kier molecular flexibility index (Phi) is 19.5. The summed E-state index contributed by atoms with van der Waals surface area (Å²) >= 11 is 0. The third-order valence-corrected chi connectivity index (χ3v) is 8.20. The zero-order chi connectivity index (χ0) is 22.6. The molecule has 0 aliphatic carbocycles. The highest BCUT2D eigenvalue weighted by Gasteiger charge is 2.15. The van der Waals surface area contributed by atoms with E-state index in [4.69, 9.17) is 0 Å². The molecule has 2 heteroatoms. The van der Waals surface area contributed by atoms with Crippen LogP contribution >= 0.6 is 0 Å². The molecule has 0 aliphatic heterocycles. The van der Waals surface area contributed by atoms with Crippen molar-refractivity contribution in [2.75, 3.05) is 53.4 Å². The predicted molar refractivity (Wildman–Crippen MR) is 138 cm³/mol. The zero-order valence-electron chi connectivity index (χ0n) is 22.5. The second kappa shape index (κ2) is 19.6. The number of quaternary nitrogens is 2. The third kappa shape index (κ3) is 16.6.